The van der Waals surface area contributed by atoms with Crippen molar-refractivity contribution in [3.8, 4) is 11.5 Å². The Morgan fingerprint density at radius 1 is 0.750 bits per heavy atom. The minimum atomic E-state index is 0.845. The summed E-state index contributed by atoms with van der Waals surface area (Å²) in [5, 5.41) is 0. The van der Waals surface area contributed by atoms with Gasteiger partial charge in [-0.15, -0.1) is 0 Å². The van der Waals surface area contributed by atoms with Crippen molar-refractivity contribution < 1.29 is 4.74 Å². The molecule has 97 valence electrons. The molecule has 0 aliphatic rings. The normalized spacial score (nSPS) is 10.2. The average molecular weight is 277 g/mol. The summed E-state index contributed by atoms with van der Waals surface area (Å²) >= 11 is 1.65. The van der Waals surface area contributed by atoms with Crippen molar-refractivity contribution in [3.63, 3.8) is 0 Å². The second-order valence-corrected chi connectivity index (χ2v) is 5.27. The van der Waals surface area contributed by atoms with Crippen LogP contribution in [0.15, 0.2) is 88.7 Å². The Hall–Kier alpha value is -2.19. The molecule has 1 nitrogen and oxygen atoms in total. The standard InChI is InChI=1S/C18H13OS/c1-3-9-15(10-4-1)19-17-13-7-8-14-18(17)20-16-11-5-2-6-12-16/h1-11,13-14H. The van der Waals surface area contributed by atoms with E-state index in [1.165, 1.54) is 0 Å². The summed E-state index contributed by atoms with van der Waals surface area (Å²) in [5.41, 5.74) is 0. The van der Waals surface area contributed by atoms with Crippen LogP contribution >= 0.6 is 11.8 Å². The maximum Gasteiger partial charge on any atom is 0.141 e. The zero-order valence-corrected chi connectivity index (χ0v) is 11.6. The third-order valence-electron chi connectivity index (χ3n) is 2.72. The van der Waals surface area contributed by atoms with Crippen LogP contribution in [0.3, 0.4) is 0 Å². The molecule has 20 heavy (non-hydrogen) atoms. The van der Waals surface area contributed by atoms with Gasteiger partial charge in [0.2, 0.25) is 0 Å². The highest BCUT2D eigenvalue weighted by Crippen LogP contribution is 2.36. The van der Waals surface area contributed by atoms with E-state index >= 15 is 0 Å². The lowest BCUT2D eigenvalue weighted by Crippen LogP contribution is -1.86. The Balaban J connectivity index is 1.85. The largest absolute Gasteiger partial charge is 0.456 e. The summed E-state index contributed by atoms with van der Waals surface area (Å²) in [7, 11) is 0. The summed E-state index contributed by atoms with van der Waals surface area (Å²) in [6.45, 7) is 0. The van der Waals surface area contributed by atoms with E-state index < -0.39 is 0 Å². The zero-order valence-electron chi connectivity index (χ0n) is 10.8. The molecule has 0 N–H and O–H groups in total. The lowest BCUT2D eigenvalue weighted by molar-refractivity contribution is 0.471. The molecule has 0 heterocycles. The van der Waals surface area contributed by atoms with Crippen molar-refractivity contribution in [2.45, 2.75) is 9.79 Å². The van der Waals surface area contributed by atoms with Gasteiger partial charge in [-0.05, 0) is 36.4 Å². The molecular weight excluding hydrogens is 264 g/mol. The van der Waals surface area contributed by atoms with Crippen LogP contribution in [0.2, 0.25) is 0 Å². The maximum absolute atomic E-state index is 5.95. The van der Waals surface area contributed by atoms with Crippen LogP contribution in [-0.4, -0.2) is 0 Å². The lowest BCUT2D eigenvalue weighted by atomic mass is 10.3. The fraction of sp³-hybridized carbons (Fsp3) is 0. The van der Waals surface area contributed by atoms with E-state index in [1.807, 2.05) is 72.8 Å². The van der Waals surface area contributed by atoms with Gasteiger partial charge in [0.25, 0.3) is 0 Å². The first-order valence-corrected chi connectivity index (χ1v) is 7.20. The van der Waals surface area contributed by atoms with E-state index in [1.54, 1.807) is 11.8 Å². The fourth-order valence-corrected chi connectivity index (χ4v) is 2.66. The van der Waals surface area contributed by atoms with Crippen LogP contribution in [0, 0.1) is 6.07 Å². The second-order valence-electron chi connectivity index (χ2n) is 4.19. The molecule has 0 spiro atoms. The summed E-state index contributed by atoms with van der Waals surface area (Å²) in [6.07, 6.45) is 0. The SMILES string of the molecule is [c]1ccccc1Sc1ccccc1Oc1ccccc1. The maximum atomic E-state index is 5.95. The topological polar surface area (TPSA) is 9.23 Å². The summed E-state index contributed by atoms with van der Waals surface area (Å²) in [5.74, 6) is 1.71. The number of para-hydroxylation sites is 2. The molecule has 2 heteroatoms. The predicted octanol–water partition coefficient (Wildman–Crippen LogP) is 5.43. The minimum absolute atomic E-state index is 0.845. The quantitative estimate of drug-likeness (QED) is 0.629. The van der Waals surface area contributed by atoms with Crippen LogP contribution in [-0.2, 0) is 0 Å². The van der Waals surface area contributed by atoms with E-state index in [0.29, 0.717) is 0 Å². The molecule has 0 aliphatic carbocycles. The van der Waals surface area contributed by atoms with Gasteiger partial charge in [0.05, 0.1) is 4.90 Å². The molecule has 3 aromatic carbocycles. The smallest absolute Gasteiger partial charge is 0.141 e. The molecule has 0 unspecified atom stereocenters. The summed E-state index contributed by atoms with van der Waals surface area (Å²) in [4.78, 5) is 2.16. The molecule has 0 saturated heterocycles. The van der Waals surface area contributed by atoms with Crippen molar-refractivity contribution in [1.29, 1.82) is 0 Å². The molecule has 0 bridgehead atoms. The van der Waals surface area contributed by atoms with Crippen LogP contribution in [0.1, 0.15) is 0 Å². The van der Waals surface area contributed by atoms with E-state index in [9.17, 15) is 0 Å². The Morgan fingerprint density at radius 3 is 2.30 bits per heavy atom. The number of ether oxygens (including phenoxy) is 1. The first-order chi connectivity index (χ1) is 9.92. The monoisotopic (exact) mass is 277 g/mol. The van der Waals surface area contributed by atoms with Crippen LogP contribution in [0.4, 0.5) is 0 Å². The molecule has 0 aromatic heterocycles. The number of hydrogen-bond acceptors (Lipinski definition) is 2. The van der Waals surface area contributed by atoms with Gasteiger partial charge in [-0.25, -0.2) is 0 Å². The Morgan fingerprint density at radius 2 is 1.50 bits per heavy atom. The van der Waals surface area contributed by atoms with Crippen LogP contribution in [0.5, 0.6) is 11.5 Å². The zero-order chi connectivity index (χ0) is 13.6. The molecule has 0 amide bonds. The average Bonchev–Trinajstić information content (AvgIpc) is 2.51. The highest BCUT2D eigenvalue weighted by Gasteiger charge is 2.06. The van der Waals surface area contributed by atoms with Crippen LogP contribution in [0.25, 0.3) is 0 Å². The van der Waals surface area contributed by atoms with Gasteiger partial charge < -0.3 is 4.74 Å². The summed E-state index contributed by atoms with van der Waals surface area (Å²) < 4.78 is 5.95. The highest BCUT2D eigenvalue weighted by atomic mass is 32.2. The minimum Gasteiger partial charge on any atom is -0.456 e. The highest BCUT2D eigenvalue weighted by molar-refractivity contribution is 7.99. The van der Waals surface area contributed by atoms with Crippen LogP contribution < -0.4 is 4.74 Å². The Bertz CT molecular complexity index is 605. The van der Waals surface area contributed by atoms with Gasteiger partial charge in [-0.3, -0.25) is 0 Å². The number of benzene rings is 3. The van der Waals surface area contributed by atoms with E-state index in [0.717, 1.165) is 21.3 Å². The molecule has 3 aromatic rings. The number of rotatable bonds is 4. The Labute approximate surface area is 123 Å². The van der Waals surface area contributed by atoms with Gasteiger partial charge >= 0.3 is 0 Å². The van der Waals surface area contributed by atoms with Gasteiger partial charge in [0, 0.05) is 4.90 Å². The molecule has 0 atom stereocenters. The van der Waals surface area contributed by atoms with Gasteiger partial charge in [-0.1, -0.05) is 60.3 Å². The third-order valence-corrected chi connectivity index (χ3v) is 3.75. The van der Waals surface area contributed by atoms with Crippen molar-refractivity contribution >= 4 is 11.8 Å². The first kappa shape index (κ1) is 12.8. The third kappa shape index (κ3) is 3.22. The molecule has 0 fully saturated rings. The molecular formula is C18H13OS. The van der Waals surface area contributed by atoms with Gasteiger partial charge in [0.1, 0.15) is 11.5 Å². The molecule has 3 rings (SSSR count). The lowest BCUT2D eigenvalue weighted by Gasteiger charge is -2.10. The predicted molar refractivity (Wildman–Crippen MR) is 82.4 cm³/mol. The van der Waals surface area contributed by atoms with Gasteiger partial charge in [0.15, 0.2) is 0 Å². The molecule has 0 saturated carbocycles. The fourth-order valence-electron chi connectivity index (χ4n) is 1.79. The van der Waals surface area contributed by atoms with E-state index in [-0.39, 0.29) is 0 Å². The molecule has 1 radical (unpaired) electrons. The van der Waals surface area contributed by atoms with E-state index in [2.05, 4.69) is 12.1 Å². The van der Waals surface area contributed by atoms with Crippen molar-refractivity contribution in [3.05, 3.63) is 84.9 Å². The second kappa shape index (κ2) is 6.31. The first-order valence-electron chi connectivity index (χ1n) is 6.38. The van der Waals surface area contributed by atoms with Crippen molar-refractivity contribution in [1.82, 2.24) is 0 Å². The number of hydrogen-bond donors (Lipinski definition) is 0. The Kier molecular flexibility index (Phi) is 4.04. The van der Waals surface area contributed by atoms with Crippen molar-refractivity contribution in [2.75, 3.05) is 0 Å². The molecule has 0 aliphatic heterocycles. The van der Waals surface area contributed by atoms with E-state index in [4.69, 9.17) is 4.74 Å². The van der Waals surface area contributed by atoms with Crippen molar-refractivity contribution in [2.24, 2.45) is 0 Å². The summed E-state index contributed by atoms with van der Waals surface area (Å²) in [6, 6.07) is 29.0. The van der Waals surface area contributed by atoms with Gasteiger partial charge in [-0.2, -0.15) is 0 Å².